The number of carbonyl (C=O) groups excluding carboxylic acids is 3. The van der Waals surface area contributed by atoms with Crippen molar-refractivity contribution in [1.29, 1.82) is 0 Å². The number of nitrogens with one attached hydrogen (secondary N) is 1. The number of hydrogen-bond donors (Lipinski definition) is 1. The zero-order valence-electron chi connectivity index (χ0n) is 15.1. The molecule has 1 N–H and O–H groups in total. The van der Waals surface area contributed by atoms with Gasteiger partial charge >= 0.3 is 0 Å². The smallest absolute Gasteiger partial charge is 0.267 e. The fourth-order valence-corrected chi connectivity index (χ4v) is 3.57. The molecule has 0 radical (unpaired) electrons. The molecule has 2 heterocycles. The van der Waals surface area contributed by atoms with Gasteiger partial charge < -0.3 is 9.88 Å². The normalized spacial score (nSPS) is 13.7. The van der Waals surface area contributed by atoms with Gasteiger partial charge in [-0.1, -0.05) is 30.3 Å². The predicted octanol–water partition coefficient (Wildman–Crippen LogP) is 3.40. The zero-order chi connectivity index (χ0) is 19.0. The summed E-state index contributed by atoms with van der Waals surface area (Å²) in [6.07, 6.45) is 1.10. The molecule has 3 aromatic rings. The summed E-state index contributed by atoms with van der Waals surface area (Å²) in [6, 6.07) is 14.6. The van der Waals surface area contributed by atoms with Crippen molar-refractivity contribution in [2.75, 3.05) is 6.54 Å². The van der Waals surface area contributed by atoms with E-state index in [1.54, 1.807) is 24.3 Å². The molecule has 27 heavy (non-hydrogen) atoms. The Morgan fingerprint density at radius 3 is 2.74 bits per heavy atom. The summed E-state index contributed by atoms with van der Waals surface area (Å²) in [5.41, 5.74) is 3.59. The van der Waals surface area contributed by atoms with Crippen LogP contribution in [-0.2, 0) is 13.0 Å². The maximum Gasteiger partial charge on any atom is 0.267 e. The van der Waals surface area contributed by atoms with Crippen molar-refractivity contribution in [3.05, 3.63) is 70.9 Å². The van der Waals surface area contributed by atoms with Gasteiger partial charge in [0.1, 0.15) is 5.69 Å². The molecule has 5 heteroatoms. The van der Waals surface area contributed by atoms with Gasteiger partial charge in [0.05, 0.1) is 0 Å². The summed E-state index contributed by atoms with van der Waals surface area (Å²) in [4.78, 5) is 36.5. The van der Waals surface area contributed by atoms with Gasteiger partial charge in [0.25, 0.3) is 5.91 Å². The van der Waals surface area contributed by atoms with Gasteiger partial charge in [-0.2, -0.15) is 0 Å². The van der Waals surface area contributed by atoms with Crippen LogP contribution in [0.4, 0.5) is 0 Å². The second-order valence-corrected chi connectivity index (χ2v) is 6.92. The number of carbonyl (C=O) groups is 3. The third kappa shape index (κ3) is 3.28. The molecule has 1 aliphatic rings. The van der Waals surface area contributed by atoms with Crippen LogP contribution >= 0.6 is 0 Å². The summed E-state index contributed by atoms with van der Waals surface area (Å²) >= 11 is 0. The molecule has 0 unspecified atom stereocenters. The first kappa shape index (κ1) is 17.2. The number of hydrogen-bond acceptors (Lipinski definition) is 3. The van der Waals surface area contributed by atoms with Crippen LogP contribution in [0, 0.1) is 0 Å². The fraction of sp³-hybridized carbons (Fsp3) is 0.227. The average molecular weight is 360 g/mol. The Labute approximate surface area is 157 Å². The summed E-state index contributed by atoms with van der Waals surface area (Å²) in [5.74, 6) is -0.0938. The van der Waals surface area contributed by atoms with Crippen LogP contribution in [0.25, 0.3) is 10.9 Å². The quantitative estimate of drug-likeness (QED) is 0.725. The highest BCUT2D eigenvalue weighted by atomic mass is 16.2. The minimum Gasteiger partial charge on any atom is -0.351 e. The van der Waals surface area contributed by atoms with E-state index in [9.17, 15) is 14.4 Å². The maximum absolute atomic E-state index is 12.8. The lowest BCUT2D eigenvalue weighted by Gasteiger charge is -2.07. The Morgan fingerprint density at radius 1 is 1.07 bits per heavy atom. The molecular weight excluding hydrogens is 340 g/mol. The topological polar surface area (TPSA) is 68.2 Å². The number of nitrogens with zero attached hydrogens (tertiary/aromatic N) is 1. The zero-order valence-corrected chi connectivity index (χ0v) is 15.1. The summed E-state index contributed by atoms with van der Waals surface area (Å²) in [6.45, 7) is 2.92. The average Bonchev–Trinajstić information content (AvgIpc) is 2.93. The second kappa shape index (κ2) is 6.83. The molecule has 0 saturated heterocycles. The fourth-order valence-electron chi connectivity index (χ4n) is 3.57. The number of ketones is 2. The van der Waals surface area contributed by atoms with Gasteiger partial charge in [0.15, 0.2) is 11.6 Å². The van der Waals surface area contributed by atoms with Crippen LogP contribution in [0.3, 0.4) is 0 Å². The Balaban J connectivity index is 1.66. The van der Waals surface area contributed by atoms with Gasteiger partial charge in [-0.05, 0) is 37.1 Å². The predicted molar refractivity (Wildman–Crippen MR) is 103 cm³/mol. The van der Waals surface area contributed by atoms with Crippen LogP contribution < -0.4 is 5.32 Å². The van der Waals surface area contributed by atoms with E-state index >= 15 is 0 Å². The number of fused-ring (bicyclic) bond motifs is 3. The minimum atomic E-state index is -0.0716. The number of amides is 1. The SMILES string of the molecule is CC(=O)c1cccc(CC(=O)c2ccc3cc4n(c3c2)CCCNC4=O)c1. The third-order valence-electron chi connectivity index (χ3n) is 5.00. The number of aromatic nitrogens is 1. The van der Waals surface area contributed by atoms with Crippen molar-refractivity contribution >= 4 is 28.4 Å². The van der Waals surface area contributed by atoms with Gasteiger partial charge in [0, 0.05) is 41.5 Å². The number of Topliss-reactive ketones (excluding diaryl/α,β-unsaturated/α-hetero) is 2. The molecule has 4 rings (SSSR count). The molecule has 2 aromatic carbocycles. The first-order valence-electron chi connectivity index (χ1n) is 9.07. The highest BCUT2D eigenvalue weighted by molar-refractivity contribution is 6.03. The maximum atomic E-state index is 12.8. The number of benzene rings is 2. The molecule has 0 bridgehead atoms. The van der Waals surface area contributed by atoms with Crippen LogP contribution in [0.1, 0.15) is 50.1 Å². The molecule has 136 valence electrons. The monoisotopic (exact) mass is 360 g/mol. The summed E-state index contributed by atoms with van der Waals surface area (Å²) in [7, 11) is 0. The highest BCUT2D eigenvalue weighted by Crippen LogP contribution is 2.24. The lowest BCUT2D eigenvalue weighted by molar-refractivity contribution is 0.0949. The van der Waals surface area contributed by atoms with Crippen molar-refractivity contribution in [2.24, 2.45) is 0 Å². The van der Waals surface area contributed by atoms with Crippen LogP contribution in [0.5, 0.6) is 0 Å². The van der Waals surface area contributed by atoms with Crippen molar-refractivity contribution in [3.63, 3.8) is 0 Å². The summed E-state index contributed by atoms with van der Waals surface area (Å²) < 4.78 is 1.99. The van der Waals surface area contributed by atoms with E-state index in [0.717, 1.165) is 29.4 Å². The van der Waals surface area contributed by atoms with Crippen molar-refractivity contribution in [1.82, 2.24) is 9.88 Å². The van der Waals surface area contributed by atoms with E-state index in [-0.39, 0.29) is 23.9 Å². The molecule has 0 fully saturated rings. The largest absolute Gasteiger partial charge is 0.351 e. The lowest BCUT2D eigenvalue weighted by atomic mass is 10.00. The molecule has 5 nitrogen and oxygen atoms in total. The van der Waals surface area contributed by atoms with Gasteiger partial charge in [0.2, 0.25) is 0 Å². The van der Waals surface area contributed by atoms with E-state index in [2.05, 4.69) is 5.32 Å². The Kier molecular flexibility index (Phi) is 4.36. The highest BCUT2D eigenvalue weighted by Gasteiger charge is 2.19. The molecule has 0 spiro atoms. The van der Waals surface area contributed by atoms with Gasteiger partial charge in [-0.15, -0.1) is 0 Å². The van der Waals surface area contributed by atoms with Crippen molar-refractivity contribution in [3.8, 4) is 0 Å². The molecule has 0 atom stereocenters. The van der Waals surface area contributed by atoms with Gasteiger partial charge in [-0.25, -0.2) is 0 Å². The van der Waals surface area contributed by atoms with E-state index in [4.69, 9.17) is 0 Å². The van der Waals surface area contributed by atoms with E-state index < -0.39 is 0 Å². The standard InChI is InChI=1S/C22H20N2O3/c1-14(25)16-5-2-4-15(10-16)11-21(26)18-7-6-17-12-20-22(27)23-8-3-9-24(20)19(17)13-18/h2,4-7,10,12-13H,3,8-9,11H2,1H3,(H,23,27). The summed E-state index contributed by atoms with van der Waals surface area (Å²) in [5, 5.41) is 3.85. The van der Waals surface area contributed by atoms with Crippen molar-refractivity contribution < 1.29 is 14.4 Å². The first-order valence-corrected chi connectivity index (χ1v) is 9.07. The van der Waals surface area contributed by atoms with Crippen LogP contribution in [0.2, 0.25) is 0 Å². The van der Waals surface area contributed by atoms with E-state index in [1.807, 2.05) is 28.8 Å². The Morgan fingerprint density at radius 2 is 1.93 bits per heavy atom. The second-order valence-electron chi connectivity index (χ2n) is 6.92. The van der Waals surface area contributed by atoms with Gasteiger partial charge in [-0.3, -0.25) is 14.4 Å². The lowest BCUT2D eigenvalue weighted by Crippen LogP contribution is -2.22. The Bertz CT molecular complexity index is 1080. The van der Waals surface area contributed by atoms with Crippen LogP contribution in [0.15, 0.2) is 48.5 Å². The molecule has 1 aromatic heterocycles. The number of aryl methyl sites for hydroxylation is 1. The molecule has 0 aliphatic carbocycles. The van der Waals surface area contributed by atoms with Crippen molar-refractivity contribution in [2.45, 2.75) is 26.3 Å². The molecule has 1 aliphatic heterocycles. The van der Waals surface area contributed by atoms with E-state index in [1.165, 1.54) is 6.92 Å². The first-order chi connectivity index (χ1) is 13.0. The third-order valence-corrected chi connectivity index (χ3v) is 5.00. The van der Waals surface area contributed by atoms with E-state index in [0.29, 0.717) is 23.4 Å². The Hall–Kier alpha value is -3.21. The minimum absolute atomic E-state index is 0.00812. The molecule has 0 saturated carbocycles. The number of rotatable bonds is 4. The van der Waals surface area contributed by atoms with Crippen LogP contribution in [-0.4, -0.2) is 28.6 Å². The molecule has 1 amide bonds. The molecular formula is C22H20N2O3.